The van der Waals surface area contributed by atoms with Crippen LogP contribution in [-0.2, 0) is 16.0 Å². The molecular weight excluding hydrogens is 470 g/mol. The summed E-state index contributed by atoms with van der Waals surface area (Å²) < 4.78 is 4.79. The molecular formula is C26H28ClN3O3S. The zero-order chi connectivity index (χ0) is 24.1. The zero-order valence-electron chi connectivity index (χ0n) is 19.3. The highest BCUT2D eigenvalue weighted by molar-refractivity contribution is 7.17. The number of ether oxygens (including phenoxy) is 1. The largest absolute Gasteiger partial charge is 0.469 e. The molecule has 0 bridgehead atoms. The standard InChI is InChI=1S/C26H28ClN3O3S/c1-17-24(34-26(29-17)20-8-10-21(27)11-9-20)25(32)28-15-19-6-4-12-30(16-19)22-7-3-5-18(13-22)14-23(31)33-2/h3,5,7-11,13,19H,4,6,12,14-16H2,1-2H3,(H,28,32). The number of esters is 1. The van der Waals surface area contributed by atoms with Gasteiger partial charge in [-0.25, -0.2) is 4.98 Å². The van der Waals surface area contributed by atoms with E-state index < -0.39 is 0 Å². The number of thiazole rings is 1. The molecule has 178 valence electrons. The molecule has 1 saturated heterocycles. The van der Waals surface area contributed by atoms with Gasteiger partial charge >= 0.3 is 5.97 Å². The van der Waals surface area contributed by atoms with Gasteiger partial charge in [-0.1, -0.05) is 35.9 Å². The molecule has 34 heavy (non-hydrogen) atoms. The quantitative estimate of drug-likeness (QED) is 0.458. The lowest BCUT2D eigenvalue weighted by Gasteiger charge is -2.34. The van der Waals surface area contributed by atoms with Gasteiger partial charge in [-0.05, 0) is 55.5 Å². The maximum atomic E-state index is 12.9. The van der Waals surface area contributed by atoms with Crippen molar-refractivity contribution in [3.8, 4) is 10.6 Å². The Morgan fingerprint density at radius 1 is 1.24 bits per heavy atom. The molecule has 6 nitrogen and oxygen atoms in total. The number of anilines is 1. The van der Waals surface area contributed by atoms with Crippen molar-refractivity contribution < 1.29 is 14.3 Å². The summed E-state index contributed by atoms with van der Waals surface area (Å²) in [5, 5.41) is 4.61. The van der Waals surface area contributed by atoms with E-state index in [1.54, 1.807) is 0 Å². The van der Waals surface area contributed by atoms with Crippen molar-refractivity contribution in [2.24, 2.45) is 5.92 Å². The van der Waals surface area contributed by atoms with Crippen LogP contribution in [0, 0.1) is 12.8 Å². The molecule has 1 aliphatic heterocycles. The number of nitrogens with one attached hydrogen (secondary N) is 1. The van der Waals surface area contributed by atoms with Crippen molar-refractivity contribution in [3.63, 3.8) is 0 Å². The van der Waals surface area contributed by atoms with Crippen LogP contribution in [0.2, 0.25) is 5.02 Å². The fourth-order valence-electron chi connectivity index (χ4n) is 4.21. The first-order valence-electron chi connectivity index (χ1n) is 11.3. The van der Waals surface area contributed by atoms with E-state index in [2.05, 4.69) is 27.3 Å². The van der Waals surface area contributed by atoms with E-state index in [1.165, 1.54) is 18.4 Å². The summed E-state index contributed by atoms with van der Waals surface area (Å²) in [6, 6.07) is 15.5. The first kappa shape index (κ1) is 24.2. The predicted octanol–water partition coefficient (Wildman–Crippen LogP) is 5.13. The normalized spacial score (nSPS) is 15.7. The van der Waals surface area contributed by atoms with E-state index in [0.717, 1.165) is 53.4 Å². The van der Waals surface area contributed by atoms with Crippen molar-refractivity contribution in [2.75, 3.05) is 31.6 Å². The smallest absolute Gasteiger partial charge is 0.309 e. The highest BCUT2D eigenvalue weighted by Gasteiger charge is 2.23. The number of amides is 1. The Bertz CT molecular complexity index is 1160. The van der Waals surface area contributed by atoms with Crippen molar-refractivity contribution in [1.82, 2.24) is 10.3 Å². The maximum Gasteiger partial charge on any atom is 0.309 e. The van der Waals surface area contributed by atoms with Gasteiger partial charge in [0.05, 0.1) is 19.2 Å². The van der Waals surface area contributed by atoms with Gasteiger partial charge in [0.1, 0.15) is 9.88 Å². The molecule has 1 atom stereocenters. The first-order valence-corrected chi connectivity index (χ1v) is 12.5. The number of aromatic nitrogens is 1. The van der Waals surface area contributed by atoms with E-state index in [0.29, 0.717) is 22.4 Å². The lowest BCUT2D eigenvalue weighted by Crippen LogP contribution is -2.41. The minimum atomic E-state index is -0.242. The third-order valence-electron chi connectivity index (χ3n) is 6.02. The van der Waals surface area contributed by atoms with Gasteiger partial charge < -0.3 is 15.0 Å². The van der Waals surface area contributed by atoms with E-state index >= 15 is 0 Å². The molecule has 4 rings (SSSR count). The summed E-state index contributed by atoms with van der Waals surface area (Å²) in [6.45, 7) is 4.31. The Morgan fingerprint density at radius 3 is 2.79 bits per heavy atom. The summed E-state index contributed by atoms with van der Waals surface area (Å²) >= 11 is 7.39. The molecule has 1 aliphatic rings. The number of halogens is 1. The molecule has 2 heterocycles. The van der Waals surface area contributed by atoms with Gasteiger partial charge in [0.25, 0.3) is 5.91 Å². The third-order valence-corrected chi connectivity index (χ3v) is 7.47. The number of aryl methyl sites for hydroxylation is 1. The minimum absolute atomic E-state index is 0.0765. The second-order valence-electron chi connectivity index (χ2n) is 8.53. The number of carbonyl (C=O) groups excluding carboxylic acids is 2. The molecule has 1 fully saturated rings. The Balaban J connectivity index is 1.36. The fourth-order valence-corrected chi connectivity index (χ4v) is 5.32. The van der Waals surface area contributed by atoms with Gasteiger partial charge in [0.15, 0.2) is 0 Å². The molecule has 0 saturated carbocycles. The van der Waals surface area contributed by atoms with Crippen LogP contribution in [0.1, 0.15) is 33.8 Å². The van der Waals surface area contributed by atoms with Gasteiger partial charge in [0.2, 0.25) is 0 Å². The molecule has 1 aromatic heterocycles. The van der Waals surface area contributed by atoms with Crippen LogP contribution in [0.3, 0.4) is 0 Å². The van der Waals surface area contributed by atoms with Crippen LogP contribution in [0.4, 0.5) is 5.69 Å². The van der Waals surface area contributed by atoms with Crippen LogP contribution in [0.15, 0.2) is 48.5 Å². The third kappa shape index (κ3) is 5.96. The minimum Gasteiger partial charge on any atom is -0.469 e. The highest BCUT2D eigenvalue weighted by Crippen LogP contribution is 2.29. The fraction of sp³-hybridized carbons (Fsp3) is 0.346. The molecule has 2 aromatic carbocycles. The summed E-state index contributed by atoms with van der Waals surface area (Å²) in [5.41, 5.74) is 3.73. The van der Waals surface area contributed by atoms with Crippen LogP contribution < -0.4 is 10.2 Å². The molecule has 1 amide bonds. The number of nitrogens with zero attached hydrogens (tertiary/aromatic N) is 2. The topological polar surface area (TPSA) is 71.5 Å². The Labute approximate surface area is 208 Å². The lowest BCUT2D eigenvalue weighted by molar-refractivity contribution is -0.139. The van der Waals surface area contributed by atoms with Gasteiger partial charge in [-0.2, -0.15) is 0 Å². The maximum absolute atomic E-state index is 12.9. The van der Waals surface area contributed by atoms with Crippen molar-refractivity contribution >= 4 is 40.5 Å². The molecule has 8 heteroatoms. The number of carbonyl (C=O) groups is 2. The summed E-state index contributed by atoms with van der Waals surface area (Å²) in [4.78, 5) is 32.1. The van der Waals surface area contributed by atoms with Crippen LogP contribution >= 0.6 is 22.9 Å². The van der Waals surface area contributed by atoms with E-state index in [9.17, 15) is 9.59 Å². The average molecular weight is 498 g/mol. The first-order chi connectivity index (χ1) is 16.4. The summed E-state index contributed by atoms with van der Waals surface area (Å²) in [5.74, 6) is 0.0345. The van der Waals surface area contributed by atoms with Crippen LogP contribution in [0.5, 0.6) is 0 Å². The summed E-state index contributed by atoms with van der Waals surface area (Å²) in [6.07, 6.45) is 2.39. The van der Waals surface area contributed by atoms with Gasteiger partial charge in [0, 0.05) is 35.9 Å². The van der Waals surface area contributed by atoms with Gasteiger partial charge in [-0.15, -0.1) is 11.3 Å². The average Bonchev–Trinajstić information content (AvgIpc) is 3.25. The van der Waals surface area contributed by atoms with Crippen LogP contribution in [-0.4, -0.2) is 43.6 Å². The second kappa shape index (κ2) is 11.0. The van der Waals surface area contributed by atoms with E-state index in [4.69, 9.17) is 16.3 Å². The number of hydrogen-bond acceptors (Lipinski definition) is 6. The number of methoxy groups -OCH3 is 1. The van der Waals surface area contributed by atoms with Crippen molar-refractivity contribution in [1.29, 1.82) is 0 Å². The van der Waals surface area contributed by atoms with Crippen LogP contribution in [0.25, 0.3) is 10.6 Å². The Morgan fingerprint density at radius 2 is 2.03 bits per heavy atom. The molecule has 0 aliphatic carbocycles. The molecule has 1 unspecified atom stereocenters. The van der Waals surface area contributed by atoms with E-state index in [1.807, 2.05) is 43.3 Å². The molecule has 3 aromatic rings. The Hall–Kier alpha value is -2.90. The molecule has 0 radical (unpaired) electrons. The van der Waals surface area contributed by atoms with Crippen molar-refractivity contribution in [3.05, 3.63) is 69.7 Å². The number of rotatable bonds is 7. The summed E-state index contributed by atoms with van der Waals surface area (Å²) in [7, 11) is 1.40. The SMILES string of the molecule is COC(=O)Cc1cccc(N2CCCC(CNC(=O)c3sc(-c4ccc(Cl)cc4)nc3C)C2)c1. The second-order valence-corrected chi connectivity index (χ2v) is 9.96. The van der Waals surface area contributed by atoms with E-state index in [-0.39, 0.29) is 18.3 Å². The number of piperidine rings is 1. The number of hydrogen-bond donors (Lipinski definition) is 1. The Kier molecular flexibility index (Phi) is 7.85. The lowest BCUT2D eigenvalue weighted by atomic mass is 9.97. The monoisotopic (exact) mass is 497 g/mol. The highest BCUT2D eigenvalue weighted by atomic mass is 35.5. The molecule has 0 spiro atoms. The predicted molar refractivity (Wildman–Crippen MR) is 137 cm³/mol. The number of benzene rings is 2. The van der Waals surface area contributed by atoms with Crippen molar-refractivity contribution in [2.45, 2.75) is 26.2 Å². The molecule has 1 N–H and O–H groups in total. The zero-order valence-corrected chi connectivity index (χ0v) is 20.9. The van der Waals surface area contributed by atoms with Gasteiger partial charge in [-0.3, -0.25) is 9.59 Å².